The van der Waals surface area contributed by atoms with Crippen LogP contribution < -0.4 is 0 Å². The first-order valence-electron chi connectivity index (χ1n) is 1.58. The van der Waals surface area contributed by atoms with E-state index >= 15 is 0 Å². The summed E-state index contributed by atoms with van der Waals surface area (Å²) in [5.41, 5.74) is 0. The first-order valence-corrected chi connectivity index (χ1v) is 2.94. The van der Waals surface area contributed by atoms with Gasteiger partial charge in [-0.05, 0) is 0 Å². The van der Waals surface area contributed by atoms with E-state index in [2.05, 4.69) is 0 Å². The summed E-state index contributed by atoms with van der Waals surface area (Å²) in [6, 6.07) is 0. The van der Waals surface area contributed by atoms with Crippen LogP contribution in [0.2, 0.25) is 0 Å². The zero-order valence-electron chi connectivity index (χ0n) is 4.08. The van der Waals surface area contributed by atoms with Crippen LogP contribution in [0.25, 0.3) is 0 Å². The van der Waals surface area contributed by atoms with E-state index in [0.29, 0.717) is 4.31 Å². The van der Waals surface area contributed by atoms with Crippen LogP contribution in [-0.2, 0) is 10.3 Å². The third-order valence-electron chi connectivity index (χ3n) is 0.447. The Labute approximate surface area is 42.6 Å². The normalized spacial score (nSPS) is 12.6. The molecule has 0 aliphatic carbocycles. The lowest BCUT2D eigenvalue weighted by molar-refractivity contribution is 0.400. The SMILES string of the molecule is CN(C)S(=O)(=O)[O-]. The van der Waals surface area contributed by atoms with E-state index in [9.17, 15) is 13.0 Å². The van der Waals surface area contributed by atoms with Gasteiger partial charge in [0.2, 0.25) is 0 Å². The third kappa shape index (κ3) is 2.55. The lowest BCUT2D eigenvalue weighted by Crippen LogP contribution is -2.20. The molecule has 0 radical (unpaired) electrons. The molecule has 0 saturated heterocycles. The van der Waals surface area contributed by atoms with Gasteiger partial charge < -0.3 is 4.55 Å². The monoisotopic (exact) mass is 124 g/mol. The fraction of sp³-hybridized carbons (Fsp3) is 1.00. The van der Waals surface area contributed by atoms with Crippen molar-refractivity contribution in [1.29, 1.82) is 0 Å². The summed E-state index contributed by atoms with van der Waals surface area (Å²) in [5.74, 6) is 0. The van der Waals surface area contributed by atoms with Gasteiger partial charge >= 0.3 is 0 Å². The quantitative estimate of drug-likeness (QED) is 0.421. The molecule has 0 N–H and O–H groups in total. The van der Waals surface area contributed by atoms with Crippen LogP contribution in [0, 0.1) is 0 Å². The van der Waals surface area contributed by atoms with Crippen molar-refractivity contribution in [2.75, 3.05) is 14.1 Å². The summed E-state index contributed by atoms with van der Waals surface area (Å²) in [6.07, 6.45) is 0. The Morgan fingerprint density at radius 3 is 1.57 bits per heavy atom. The molecule has 0 aliphatic heterocycles. The minimum absolute atomic E-state index is 0.604. The fourth-order valence-electron chi connectivity index (χ4n) is 0. The van der Waals surface area contributed by atoms with Crippen LogP contribution in [0.4, 0.5) is 0 Å². The molecule has 0 fully saturated rings. The molecule has 0 aromatic carbocycles. The molecular formula is C2H6NO3S-. The molecular weight excluding hydrogens is 118 g/mol. The molecule has 0 saturated carbocycles. The predicted octanol–water partition coefficient (Wildman–Crippen LogP) is -0.992. The number of rotatable bonds is 1. The molecule has 0 unspecified atom stereocenters. The Morgan fingerprint density at radius 1 is 1.43 bits per heavy atom. The Bertz CT molecular complexity index is 135. The first-order chi connectivity index (χ1) is 2.94. The Morgan fingerprint density at radius 2 is 1.57 bits per heavy atom. The molecule has 0 bridgehead atoms. The summed E-state index contributed by atoms with van der Waals surface area (Å²) in [4.78, 5) is 0. The Hall–Kier alpha value is -0.130. The molecule has 0 aliphatic rings. The van der Waals surface area contributed by atoms with Gasteiger partial charge in [-0.25, -0.2) is 12.7 Å². The third-order valence-corrected chi connectivity index (χ3v) is 1.34. The Kier molecular flexibility index (Phi) is 1.74. The largest absolute Gasteiger partial charge is 0.735 e. The summed E-state index contributed by atoms with van der Waals surface area (Å²) >= 11 is 0. The van der Waals surface area contributed by atoms with Gasteiger partial charge in [-0.3, -0.25) is 0 Å². The van der Waals surface area contributed by atoms with Crippen LogP contribution >= 0.6 is 0 Å². The molecule has 0 aromatic rings. The molecule has 0 atom stereocenters. The second-order valence-corrected chi connectivity index (χ2v) is 2.83. The maximum atomic E-state index is 9.70. The minimum atomic E-state index is -4.16. The minimum Gasteiger partial charge on any atom is -0.735 e. The number of hydrogen-bond acceptors (Lipinski definition) is 3. The van der Waals surface area contributed by atoms with Crippen LogP contribution in [0.15, 0.2) is 0 Å². The molecule has 7 heavy (non-hydrogen) atoms. The van der Waals surface area contributed by atoms with E-state index < -0.39 is 10.3 Å². The molecule has 0 amide bonds. The van der Waals surface area contributed by atoms with Gasteiger partial charge in [0.1, 0.15) is 0 Å². The van der Waals surface area contributed by atoms with Gasteiger partial charge in [-0.2, -0.15) is 0 Å². The second-order valence-electron chi connectivity index (χ2n) is 1.24. The van der Waals surface area contributed by atoms with Crippen molar-refractivity contribution in [3.63, 3.8) is 0 Å². The van der Waals surface area contributed by atoms with Crippen LogP contribution in [0.5, 0.6) is 0 Å². The highest BCUT2D eigenvalue weighted by Crippen LogP contribution is 1.81. The highest BCUT2D eigenvalue weighted by Gasteiger charge is 1.92. The van der Waals surface area contributed by atoms with E-state index in [1.54, 1.807) is 0 Å². The van der Waals surface area contributed by atoms with Crippen LogP contribution in [-0.4, -0.2) is 31.4 Å². The molecule has 0 aromatic heterocycles. The van der Waals surface area contributed by atoms with Crippen molar-refractivity contribution < 1.29 is 13.0 Å². The summed E-state index contributed by atoms with van der Waals surface area (Å²) in [5, 5.41) is 0. The standard InChI is InChI=1S/C2H7NO3S/c1-3(2)7(4,5)6/h1-2H3,(H,4,5,6)/p-1. The van der Waals surface area contributed by atoms with E-state index in [0.717, 1.165) is 0 Å². The van der Waals surface area contributed by atoms with E-state index in [1.807, 2.05) is 0 Å². The highest BCUT2D eigenvalue weighted by molar-refractivity contribution is 7.83. The second kappa shape index (κ2) is 1.77. The van der Waals surface area contributed by atoms with Gasteiger partial charge in [0, 0.05) is 14.1 Å². The zero-order valence-corrected chi connectivity index (χ0v) is 4.90. The average Bonchev–Trinajstić information content (AvgIpc) is 1.31. The molecule has 0 heterocycles. The Balaban J connectivity index is 4.10. The van der Waals surface area contributed by atoms with Crippen molar-refractivity contribution >= 4 is 10.3 Å². The first kappa shape index (κ1) is 6.87. The molecule has 4 nitrogen and oxygen atoms in total. The van der Waals surface area contributed by atoms with Gasteiger partial charge in [0.05, 0.1) is 0 Å². The van der Waals surface area contributed by atoms with Crippen molar-refractivity contribution in [3.8, 4) is 0 Å². The van der Waals surface area contributed by atoms with Crippen molar-refractivity contribution in [2.45, 2.75) is 0 Å². The van der Waals surface area contributed by atoms with Gasteiger partial charge in [-0.1, -0.05) is 0 Å². The van der Waals surface area contributed by atoms with Gasteiger partial charge in [0.25, 0.3) is 0 Å². The van der Waals surface area contributed by atoms with E-state index in [1.165, 1.54) is 14.1 Å². The number of hydrogen-bond donors (Lipinski definition) is 0. The maximum Gasteiger partial charge on any atom is 0.161 e. The van der Waals surface area contributed by atoms with Crippen LogP contribution in [0.1, 0.15) is 0 Å². The summed E-state index contributed by atoms with van der Waals surface area (Å²) in [6.45, 7) is 0. The molecule has 5 heteroatoms. The molecule has 0 rings (SSSR count). The topological polar surface area (TPSA) is 60.4 Å². The average molecular weight is 124 g/mol. The van der Waals surface area contributed by atoms with E-state index in [-0.39, 0.29) is 0 Å². The maximum absolute atomic E-state index is 9.70. The van der Waals surface area contributed by atoms with Crippen molar-refractivity contribution in [1.82, 2.24) is 4.31 Å². The van der Waals surface area contributed by atoms with Gasteiger partial charge in [0.15, 0.2) is 10.3 Å². The lowest BCUT2D eigenvalue weighted by atomic mass is 11.3. The smallest absolute Gasteiger partial charge is 0.161 e. The van der Waals surface area contributed by atoms with Crippen molar-refractivity contribution in [2.24, 2.45) is 0 Å². The predicted molar refractivity (Wildman–Crippen MR) is 23.4 cm³/mol. The molecule has 44 valence electrons. The lowest BCUT2D eigenvalue weighted by Gasteiger charge is -2.12. The molecule has 0 spiro atoms. The fourth-order valence-corrected chi connectivity index (χ4v) is 0. The van der Waals surface area contributed by atoms with Crippen LogP contribution in [0.3, 0.4) is 0 Å². The van der Waals surface area contributed by atoms with E-state index in [4.69, 9.17) is 0 Å². The summed E-state index contributed by atoms with van der Waals surface area (Å²) in [7, 11) is -1.79. The van der Waals surface area contributed by atoms with Crippen molar-refractivity contribution in [3.05, 3.63) is 0 Å². The summed E-state index contributed by atoms with van der Waals surface area (Å²) < 4.78 is 29.7. The number of nitrogens with zero attached hydrogens (tertiary/aromatic N) is 1. The zero-order chi connectivity index (χ0) is 6.08. The van der Waals surface area contributed by atoms with Gasteiger partial charge in [-0.15, -0.1) is 0 Å². The highest BCUT2D eigenvalue weighted by atomic mass is 32.2.